The zero-order chi connectivity index (χ0) is 17.1. The number of H-pyrrole nitrogens is 1. The average Bonchev–Trinajstić information content (AvgIpc) is 3.00. The van der Waals surface area contributed by atoms with Crippen molar-refractivity contribution < 1.29 is 9.53 Å². The molecule has 7 nitrogen and oxygen atoms in total. The minimum atomic E-state index is -0.469. The van der Waals surface area contributed by atoms with Crippen LogP contribution in [-0.4, -0.2) is 27.1 Å². The Kier molecular flexibility index (Phi) is 4.57. The molecule has 24 heavy (non-hydrogen) atoms. The van der Waals surface area contributed by atoms with Gasteiger partial charge in [-0.05, 0) is 25.5 Å². The summed E-state index contributed by atoms with van der Waals surface area (Å²) < 4.78 is 6.25. The zero-order valence-corrected chi connectivity index (χ0v) is 13.8. The number of para-hydroxylation sites is 1. The van der Waals surface area contributed by atoms with E-state index in [0.29, 0.717) is 22.2 Å². The quantitative estimate of drug-likeness (QED) is 0.561. The summed E-state index contributed by atoms with van der Waals surface area (Å²) in [6.07, 6.45) is 1.84. The highest BCUT2D eigenvalue weighted by Crippen LogP contribution is 2.12. The Morgan fingerprint density at radius 1 is 1.33 bits per heavy atom. The summed E-state index contributed by atoms with van der Waals surface area (Å²) in [6, 6.07) is 6.84. The smallest absolute Gasteiger partial charge is 0.349 e. The van der Waals surface area contributed by atoms with E-state index < -0.39 is 11.7 Å². The summed E-state index contributed by atoms with van der Waals surface area (Å²) in [4.78, 5) is 43.2. The van der Waals surface area contributed by atoms with Crippen LogP contribution >= 0.6 is 11.3 Å². The number of nitrogens with one attached hydrogen (secondary N) is 1. The van der Waals surface area contributed by atoms with Crippen LogP contribution in [0, 0.1) is 6.92 Å². The average molecular weight is 345 g/mol. The predicted molar refractivity (Wildman–Crippen MR) is 90.6 cm³/mol. The van der Waals surface area contributed by atoms with Gasteiger partial charge < -0.3 is 9.72 Å². The second-order valence-corrected chi connectivity index (χ2v) is 6.40. The first kappa shape index (κ1) is 16.1. The third-order valence-electron chi connectivity index (χ3n) is 3.47. The molecule has 3 rings (SSSR count). The van der Waals surface area contributed by atoms with Gasteiger partial charge >= 0.3 is 11.7 Å². The number of aromatic nitrogens is 3. The molecule has 0 atom stereocenters. The van der Waals surface area contributed by atoms with Crippen molar-refractivity contribution in [3.8, 4) is 0 Å². The van der Waals surface area contributed by atoms with Crippen LogP contribution in [0.1, 0.15) is 21.1 Å². The molecule has 0 unspecified atom stereocenters. The molecule has 0 saturated carbocycles. The molecule has 1 N–H and O–H groups in total. The van der Waals surface area contributed by atoms with Gasteiger partial charge in [0, 0.05) is 6.54 Å². The van der Waals surface area contributed by atoms with E-state index in [1.54, 1.807) is 31.2 Å². The number of nitrogens with zero attached hydrogens (tertiary/aromatic N) is 2. The second-order valence-electron chi connectivity index (χ2n) is 5.17. The third-order valence-corrected chi connectivity index (χ3v) is 4.36. The third kappa shape index (κ3) is 3.28. The number of thiazole rings is 1. The molecule has 0 aliphatic rings. The fraction of sp³-hybridized carbons (Fsp3) is 0.250. The number of carbonyl (C=O) groups is 1. The molecular formula is C16H15N3O4S. The van der Waals surface area contributed by atoms with Gasteiger partial charge in [0.25, 0.3) is 5.56 Å². The van der Waals surface area contributed by atoms with E-state index in [-0.39, 0.29) is 18.7 Å². The number of aromatic amines is 1. The molecular weight excluding hydrogens is 330 g/mol. The maximum Gasteiger partial charge on any atom is 0.349 e. The summed E-state index contributed by atoms with van der Waals surface area (Å²) in [7, 11) is 0. The SMILES string of the molecule is Cc1ncc(C(=O)OCCCn2c(=O)[nH]c3ccccc3c2=O)s1. The minimum Gasteiger partial charge on any atom is -0.461 e. The van der Waals surface area contributed by atoms with Gasteiger partial charge in [-0.3, -0.25) is 9.36 Å². The van der Waals surface area contributed by atoms with Crippen molar-refractivity contribution in [2.24, 2.45) is 0 Å². The van der Waals surface area contributed by atoms with Crippen molar-refractivity contribution in [1.29, 1.82) is 0 Å². The van der Waals surface area contributed by atoms with Crippen molar-refractivity contribution in [2.45, 2.75) is 19.9 Å². The zero-order valence-electron chi connectivity index (χ0n) is 12.9. The Morgan fingerprint density at radius 2 is 2.12 bits per heavy atom. The first-order chi connectivity index (χ1) is 11.6. The summed E-state index contributed by atoms with van der Waals surface area (Å²) in [5.74, 6) is -0.444. The summed E-state index contributed by atoms with van der Waals surface area (Å²) in [5.41, 5.74) is -0.308. The Labute approximate surface area is 140 Å². The number of rotatable bonds is 5. The van der Waals surface area contributed by atoms with E-state index in [4.69, 9.17) is 4.74 Å². The van der Waals surface area contributed by atoms with Crippen LogP contribution in [0.2, 0.25) is 0 Å². The Balaban J connectivity index is 1.65. The van der Waals surface area contributed by atoms with Crippen molar-refractivity contribution in [3.05, 3.63) is 61.2 Å². The van der Waals surface area contributed by atoms with E-state index in [2.05, 4.69) is 9.97 Å². The lowest BCUT2D eigenvalue weighted by Gasteiger charge is -2.07. The molecule has 124 valence electrons. The van der Waals surface area contributed by atoms with E-state index in [0.717, 1.165) is 9.57 Å². The summed E-state index contributed by atoms with van der Waals surface area (Å²) in [5, 5.41) is 1.24. The van der Waals surface area contributed by atoms with Gasteiger partial charge in [0.1, 0.15) is 4.88 Å². The fourth-order valence-electron chi connectivity index (χ4n) is 2.32. The molecule has 0 amide bonds. The van der Waals surface area contributed by atoms with Crippen LogP contribution < -0.4 is 11.2 Å². The lowest BCUT2D eigenvalue weighted by Crippen LogP contribution is -2.35. The molecule has 2 aromatic heterocycles. The van der Waals surface area contributed by atoms with Crippen molar-refractivity contribution in [2.75, 3.05) is 6.61 Å². The van der Waals surface area contributed by atoms with Crippen molar-refractivity contribution in [3.63, 3.8) is 0 Å². The van der Waals surface area contributed by atoms with Crippen LogP contribution in [0.4, 0.5) is 0 Å². The minimum absolute atomic E-state index is 0.120. The molecule has 2 heterocycles. The van der Waals surface area contributed by atoms with Gasteiger partial charge in [-0.2, -0.15) is 0 Å². The molecule has 0 aliphatic carbocycles. The first-order valence-electron chi connectivity index (χ1n) is 7.37. The van der Waals surface area contributed by atoms with Gasteiger partial charge in [0.05, 0.1) is 28.7 Å². The van der Waals surface area contributed by atoms with E-state index in [9.17, 15) is 14.4 Å². The van der Waals surface area contributed by atoms with Crippen LogP contribution in [0.25, 0.3) is 10.9 Å². The largest absolute Gasteiger partial charge is 0.461 e. The van der Waals surface area contributed by atoms with Crippen LogP contribution in [-0.2, 0) is 11.3 Å². The van der Waals surface area contributed by atoms with E-state index in [1.807, 2.05) is 0 Å². The highest BCUT2D eigenvalue weighted by Gasteiger charge is 2.11. The van der Waals surface area contributed by atoms with Crippen LogP contribution in [0.3, 0.4) is 0 Å². The number of carbonyl (C=O) groups excluding carboxylic acids is 1. The standard InChI is InChI=1S/C16H15N3O4S/c1-10-17-9-13(24-10)15(21)23-8-4-7-19-14(20)11-5-2-3-6-12(11)18-16(19)22/h2-3,5-6,9H,4,7-8H2,1H3,(H,18,22). The molecule has 0 fully saturated rings. The van der Waals surface area contributed by atoms with Crippen LogP contribution in [0.15, 0.2) is 40.1 Å². The lowest BCUT2D eigenvalue weighted by molar-refractivity contribution is 0.0501. The van der Waals surface area contributed by atoms with Crippen molar-refractivity contribution >= 4 is 28.2 Å². The topological polar surface area (TPSA) is 94.0 Å². The van der Waals surface area contributed by atoms with E-state index >= 15 is 0 Å². The molecule has 3 aromatic rings. The van der Waals surface area contributed by atoms with Gasteiger partial charge in [-0.15, -0.1) is 11.3 Å². The van der Waals surface area contributed by atoms with Gasteiger partial charge in [-0.25, -0.2) is 14.6 Å². The molecule has 0 saturated heterocycles. The molecule has 0 aliphatic heterocycles. The number of hydrogen-bond acceptors (Lipinski definition) is 6. The summed E-state index contributed by atoms with van der Waals surface area (Å²) >= 11 is 1.26. The number of hydrogen-bond donors (Lipinski definition) is 1. The molecule has 0 bridgehead atoms. The molecule has 8 heteroatoms. The lowest BCUT2D eigenvalue weighted by atomic mass is 10.2. The fourth-order valence-corrected chi connectivity index (χ4v) is 2.99. The highest BCUT2D eigenvalue weighted by atomic mass is 32.1. The van der Waals surface area contributed by atoms with Crippen LogP contribution in [0.5, 0.6) is 0 Å². The highest BCUT2D eigenvalue weighted by molar-refractivity contribution is 7.13. The molecule has 0 spiro atoms. The Morgan fingerprint density at radius 3 is 2.88 bits per heavy atom. The van der Waals surface area contributed by atoms with E-state index in [1.165, 1.54) is 17.5 Å². The number of esters is 1. The molecule has 0 radical (unpaired) electrons. The second kappa shape index (κ2) is 6.79. The van der Waals surface area contributed by atoms with Gasteiger partial charge in [0.15, 0.2) is 0 Å². The number of fused-ring (bicyclic) bond motifs is 1. The number of ether oxygens (including phenoxy) is 1. The monoisotopic (exact) mass is 345 g/mol. The molecule has 1 aromatic carbocycles. The number of aryl methyl sites for hydroxylation is 1. The Hall–Kier alpha value is -2.74. The Bertz CT molecular complexity index is 1000. The maximum absolute atomic E-state index is 12.3. The van der Waals surface area contributed by atoms with Gasteiger partial charge in [0.2, 0.25) is 0 Å². The summed E-state index contributed by atoms with van der Waals surface area (Å²) in [6.45, 7) is 2.10. The maximum atomic E-state index is 12.3. The number of benzene rings is 1. The normalized spacial score (nSPS) is 10.9. The van der Waals surface area contributed by atoms with Gasteiger partial charge in [-0.1, -0.05) is 12.1 Å². The predicted octanol–water partition coefficient (Wildman–Crippen LogP) is 1.70. The first-order valence-corrected chi connectivity index (χ1v) is 8.19. The van der Waals surface area contributed by atoms with Crippen molar-refractivity contribution in [1.82, 2.24) is 14.5 Å².